The third-order valence-corrected chi connectivity index (χ3v) is 2.95. The largest absolute Gasteiger partial charge is 0.284 e. The molecule has 0 N–H and O–H groups in total. The fraction of sp³-hybridized carbons (Fsp3) is 0.300. The second-order valence-electron chi connectivity index (χ2n) is 3.37. The van der Waals surface area contributed by atoms with Crippen LogP contribution in [0.4, 0.5) is 5.69 Å². The van der Waals surface area contributed by atoms with Gasteiger partial charge in [-0.05, 0) is 53.9 Å². The maximum atomic E-state index is 11.2. The summed E-state index contributed by atoms with van der Waals surface area (Å²) in [6, 6.07) is 1.54. The summed E-state index contributed by atoms with van der Waals surface area (Å²) in [5.41, 5.74) is 2.27. The summed E-state index contributed by atoms with van der Waals surface area (Å²) in [7, 11) is 0. The Morgan fingerprint density at radius 3 is 2.27 bits per heavy atom. The van der Waals surface area contributed by atoms with Crippen LogP contribution in [0.5, 0.6) is 0 Å². The number of halogens is 1. The highest BCUT2D eigenvalue weighted by molar-refractivity contribution is 9.18. The summed E-state index contributed by atoms with van der Waals surface area (Å²) in [5.74, 6) is 0. The first-order valence-electron chi connectivity index (χ1n) is 4.31. The topological polar surface area (TPSA) is 60.2 Å². The lowest BCUT2D eigenvalue weighted by Gasteiger charge is -2.08. The molecule has 1 rings (SSSR count). The molecule has 0 amide bonds. The minimum Gasteiger partial charge on any atom is -0.281 e. The monoisotopic (exact) mass is 271 g/mol. The molecule has 4 nitrogen and oxygen atoms in total. The van der Waals surface area contributed by atoms with Crippen molar-refractivity contribution < 1.29 is 9.72 Å². The van der Waals surface area contributed by atoms with Crippen LogP contribution in [0.15, 0.2) is 6.07 Å². The van der Waals surface area contributed by atoms with Crippen molar-refractivity contribution in [1.29, 1.82) is 0 Å². The second-order valence-corrected chi connectivity index (χ2v) is 4.09. The van der Waals surface area contributed by atoms with E-state index in [-0.39, 0.29) is 11.3 Å². The van der Waals surface area contributed by atoms with Crippen LogP contribution in [-0.4, -0.2) is 9.62 Å². The molecular formula is C10H10BrNO3. The van der Waals surface area contributed by atoms with E-state index in [1.807, 2.05) is 6.92 Å². The number of nitrogens with zero attached hydrogens (tertiary/aromatic N) is 1. The number of rotatable bonds is 2. The SMILES string of the molecule is Cc1cc(C(=O)Br)c([N+](=O)[O-])c(C)c1C. The number of hydrogen-bond acceptors (Lipinski definition) is 3. The zero-order valence-corrected chi connectivity index (χ0v) is 10.2. The molecule has 0 bridgehead atoms. The van der Waals surface area contributed by atoms with E-state index in [0.29, 0.717) is 5.56 Å². The average Bonchev–Trinajstić information content (AvgIpc) is 2.12. The predicted molar refractivity (Wildman–Crippen MR) is 60.6 cm³/mol. The first kappa shape index (κ1) is 11.8. The van der Waals surface area contributed by atoms with E-state index in [4.69, 9.17) is 0 Å². The van der Waals surface area contributed by atoms with E-state index < -0.39 is 9.62 Å². The molecule has 0 saturated heterocycles. The molecule has 1 aromatic carbocycles. The number of carbonyl (C=O) groups is 1. The van der Waals surface area contributed by atoms with Gasteiger partial charge in [0.25, 0.3) is 5.69 Å². The zero-order valence-electron chi connectivity index (χ0n) is 8.63. The molecule has 0 spiro atoms. The van der Waals surface area contributed by atoms with E-state index in [0.717, 1.165) is 11.1 Å². The fourth-order valence-corrected chi connectivity index (χ4v) is 1.76. The number of nitro groups is 1. The highest BCUT2D eigenvalue weighted by Crippen LogP contribution is 2.30. The molecule has 15 heavy (non-hydrogen) atoms. The van der Waals surface area contributed by atoms with Crippen LogP contribution in [0.1, 0.15) is 27.0 Å². The third-order valence-electron chi connectivity index (χ3n) is 2.52. The fourth-order valence-electron chi connectivity index (χ4n) is 1.45. The second kappa shape index (κ2) is 4.10. The number of carbonyl (C=O) groups excluding carboxylic acids is 1. The van der Waals surface area contributed by atoms with Gasteiger partial charge < -0.3 is 0 Å². The summed E-state index contributed by atoms with van der Waals surface area (Å²) >= 11 is 2.75. The summed E-state index contributed by atoms with van der Waals surface area (Å²) < 4.78 is -0.458. The quantitative estimate of drug-likeness (QED) is 0.472. The molecule has 0 saturated carbocycles. The Bertz CT molecular complexity index is 454. The smallest absolute Gasteiger partial charge is 0.281 e. The minimum absolute atomic E-state index is 0.111. The minimum atomic E-state index is -0.518. The van der Waals surface area contributed by atoms with E-state index in [2.05, 4.69) is 15.9 Å². The first-order valence-corrected chi connectivity index (χ1v) is 5.10. The lowest BCUT2D eigenvalue weighted by Crippen LogP contribution is -2.03. The van der Waals surface area contributed by atoms with Crippen LogP contribution in [0.3, 0.4) is 0 Å². The van der Waals surface area contributed by atoms with Crippen LogP contribution in [0.2, 0.25) is 0 Å². The van der Waals surface area contributed by atoms with E-state index in [1.54, 1.807) is 13.8 Å². The van der Waals surface area contributed by atoms with Crippen molar-refractivity contribution in [2.75, 3.05) is 0 Å². The Morgan fingerprint density at radius 2 is 1.87 bits per heavy atom. The van der Waals surface area contributed by atoms with Crippen molar-refractivity contribution in [3.8, 4) is 0 Å². The van der Waals surface area contributed by atoms with Gasteiger partial charge in [0.15, 0.2) is 0 Å². The Kier molecular flexibility index (Phi) is 3.24. The first-order chi connectivity index (χ1) is 6.86. The lowest BCUT2D eigenvalue weighted by molar-refractivity contribution is -0.385. The number of aryl methyl sites for hydroxylation is 1. The van der Waals surface area contributed by atoms with Crippen LogP contribution in [0.25, 0.3) is 0 Å². The molecule has 0 radical (unpaired) electrons. The normalized spacial score (nSPS) is 10.1. The maximum Gasteiger partial charge on any atom is 0.284 e. The lowest BCUT2D eigenvalue weighted by atomic mass is 9.98. The Labute approximate surface area is 95.6 Å². The Hall–Kier alpha value is -1.23. The van der Waals surface area contributed by atoms with Gasteiger partial charge in [-0.3, -0.25) is 14.9 Å². The molecule has 0 fully saturated rings. The van der Waals surface area contributed by atoms with Crippen molar-refractivity contribution in [3.63, 3.8) is 0 Å². The van der Waals surface area contributed by atoms with Gasteiger partial charge in [0.1, 0.15) is 5.56 Å². The third kappa shape index (κ3) is 2.07. The van der Waals surface area contributed by atoms with Crippen LogP contribution >= 0.6 is 15.9 Å². The molecule has 0 aromatic heterocycles. The standard InChI is InChI=1S/C10H10BrNO3/c1-5-4-8(10(11)13)9(12(14)15)7(3)6(5)2/h4H,1-3H3. The van der Waals surface area contributed by atoms with Gasteiger partial charge in [-0.2, -0.15) is 0 Å². The average molecular weight is 272 g/mol. The molecule has 1 aromatic rings. The molecule has 0 unspecified atom stereocenters. The van der Waals surface area contributed by atoms with E-state index >= 15 is 0 Å². The van der Waals surface area contributed by atoms with Gasteiger partial charge in [0.2, 0.25) is 4.69 Å². The molecule has 0 heterocycles. The van der Waals surface area contributed by atoms with Gasteiger partial charge in [0, 0.05) is 5.56 Å². The highest BCUT2D eigenvalue weighted by atomic mass is 79.9. The molecule has 0 aliphatic rings. The molecule has 5 heteroatoms. The van der Waals surface area contributed by atoms with Gasteiger partial charge in [0.05, 0.1) is 4.92 Å². The Balaban J connectivity index is 3.65. The summed E-state index contributed by atoms with van der Waals surface area (Å²) in [5, 5.41) is 10.8. The molecule has 0 aliphatic heterocycles. The summed E-state index contributed by atoms with van der Waals surface area (Å²) in [4.78, 5) is 21.5. The van der Waals surface area contributed by atoms with Crippen LogP contribution in [-0.2, 0) is 0 Å². The summed E-state index contributed by atoms with van der Waals surface area (Å²) in [6.45, 7) is 5.28. The maximum absolute atomic E-state index is 11.2. The molecular weight excluding hydrogens is 262 g/mol. The Morgan fingerprint density at radius 1 is 1.33 bits per heavy atom. The van der Waals surface area contributed by atoms with Crippen molar-refractivity contribution in [2.45, 2.75) is 20.8 Å². The number of nitro benzene ring substituents is 1. The highest BCUT2D eigenvalue weighted by Gasteiger charge is 2.23. The van der Waals surface area contributed by atoms with Gasteiger partial charge in [-0.1, -0.05) is 0 Å². The number of hydrogen-bond donors (Lipinski definition) is 0. The number of benzene rings is 1. The molecule has 80 valence electrons. The van der Waals surface area contributed by atoms with Crippen molar-refractivity contribution in [2.24, 2.45) is 0 Å². The van der Waals surface area contributed by atoms with Gasteiger partial charge in [-0.15, -0.1) is 0 Å². The zero-order chi connectivity index (χ0) is 11.7. The molecule has 0 aliphatic carbocycles. The van der Waals surface area contributed by atoms with Crippen LogP contribution in [0, 0.1) is 30.9 Å². The van der Waals surface area contributed by atoms with Crippen molar-refractivity contribution in [1.82, 2.24) is 0 Å². The van der Waals surface area contributed by atoms with Crippen LogP contribution < -0.4 is 0 Å². The van der Waals surface area contributed by atoms with Gasteiger partial charge in [-0.25, -0.2) is 0 Å². The molecule has 0 atom stereocenters. The predicted octanol–water partition coefficient (Wildman–Crippen LogP) is 3.06. The van der Waals surface area contributed by atoms with Gasteiger partial charge >= 0.3 is 0 Å². The van der Waals surface area contributed by atoms with E-state index in [9.17, 15) is 14.9 Å². The van der Waals surface area contributed by atoms with Crippen molar-refractivity contribution in [3.05, 3.63) is 38.4 Å². The van der Waals surface area contributed by atoms with Crippen molar-refractivity contribution >= 4 is 26.3 Å². The summed E-state index contributed by atoms with van der Waals surface area (Å²) in [6.07, 6.45) is 0. The van der Waals surface area contributed by atoms with E-state index in [1.165, 1.54) is 6.07 Å².